The molecule has 1 atom stereocenters. The van der Waals surface area contributed by atoms with Crippen LogP contribution in [-0.2, 0) is 16.2 Å². The lowest BCUT2D eigenvalue weighted by Gasteiger charge is -2.35. The van der Waals surface area contributed by atoms with Crippen LogP contribution in [0.25, 0.3) is 0 Å². The lowest BCUT2D eigenvalue weighted by molar-refractivity contribution is -0.137. The molecule has 3 rings (SSSR count). The summed E-state index contributed by atoms with van der Waals surface area (Å²) in [5, 5.41) is 9.59. The van der Waals surface area contributed by atoms with E-state index in [4.69, 9.17) is 16.3 Å². The first-order valence-electron chi connectivity index (χ1n) is 9.62. The molecule has 1 saturated heterocycles. The van der Waals surface area contributed by atoms with Crippen molar-refractivity contribution in [2.24, 2.45) is 0 Å². The number of hydrogen-bond donors (Lipinski definition) is 1. The summed E-state index contributed by atoms with van der Waals surface area (Å²) in [5.74, 6) is 0.00139. The maximum absolute atomic E-state index is 13.1. The minimum atomic E-state index is -4.77. The largest absolute Gasteiger partial charge is 0.491 e. The number of rotatable bonds is 7. The van der Waals surface area contributed by atoms with Crippen LogP contribution in [0.2, 0.25) is 5.02 Å². The minimum Gasteiger partial charge on any atom is -0.491 e. The smallest absolute Gasteiger partial charge is 0.417 e. The molecular formula is C20H21ClF4N2O4S. The van der Waals surface area contributed by atoms with Crippen LogP contribution in [-0.4, -0.2) is 68.2 Å². The second kappa shape index (κ2) is 9.92. The van der Waals surface area contributed by atoms with Gasteiger partial charge in [-0.15, -0.1) is 0 Å². The summed E-state index contributed by atoms with van der Waals surface area (Å²) in [7, 11) is -4.13. The van der Waals surface area contributed by atoms with Gasteiger partial charge >= 0.3 is 6.18 Å². The van der Waals surface area contributed by atoms with E-state index in [1.54, 1.807) is 0 Å². The highest BCUT2D eigenvalue weighted by atomic mass is 35.5. The normalized spacial score (nSPS) is 17.3. The third-order valence-corrected chi connectivity index (χ3v) is 7.16. The first-order chi connectivity index (χ1) is 15.0. The zero-order valence-electron chi connectivity index (χ0n) is 16.7. The summed E-state index contributed by atoms with van der Waals surface area (Å²) in [5.41, 5.74) is -1.21. The highest BCUT2D eigenvalue weighted by molar-refractivity contribution is 7.89. The Balaban J connectivity index is 1.55. The van der Waals surface area contributed by atoms with Crippen LogP contribution in [0.4, 0.5) is 17.6 Å². The molecule has 2 aromatic rings. The lowest BCUT2D eigenvalue weighted by atomic mass is 10.2. The molecule has 0 bridgehead atoms. The average molecular weight is 497 g/mol. The van der Waals surface area contributed by atoms with Crippen LogP contribution < -0.4 is 4.74 Å². The fourth-order valence-corrected chi connectivity index (χ4v) is 4.93. The zero-order chi connectivity index (χ0) is 23.5. The maximum Gasteiger partial charge on any atom is 0.417 e. The highest BCUT2D eigenvalue weighted by Gasteiger charge is 2.36. The molecule has 1 N–H and O–H groups in total. The molecule has 1 aliphatic rings. The van der Waals surface area contributed by atoms with Crippen molar-refractivity contribution in [1.82, 2.24) is 9.21 Å². The molecular weight excluding hydrogens is 476 g/mol. The van der Waals surface area contributed by atoms with Gasteiger partial charge in [-0.3, -0.25) is 4.90 Å². The van der Waals surface area contributed by atoms with E-state index >= 15 is 0 Å². The summed E-state index contributed by atoms with van der Waals surface area (Å²) in [4.78, 5) is 1.35. The molecule has 32 heavy (non-hydrogen) atoms. The van der Waals surface area contributed by atoms with Gasteiger partial charge < -0.3 is 9.84 Å². The van der Waals surface area contributed by atoms with Crippen LogP contribution in [0.1, 0.15) is 5.56 Å². The summed E-state index contributed by atoms with van der Waals surface area (Å²) in [6.07, 6.45) is -5.64. The first kappa shape index (κ1) is 24.7. The zero-order valence-corrected chi connectivity index (χ0v) is 18.3. The third kappa shape index (κ3) is 6.10. The van der Waals surface area contributed by atoms with Gasteiger partial charge in [0.25, 0.3) is 0 Å². The fourth-order valence-electron chi connectivity index (χ4n) is 3.26. The van der Waals surface area contributed by atoms with Crippen molar-refractivity contribution in [3.8, 4) is 5.75 Å². The maximum atomic E-state index is 13.1. The van der Waals surface area contributed by atoms with E-state index in [1.807, 2.05) is 4.90 Å². The number of nitrogens with zero attached hydrogens (tertiary/aromatic N) is 2. The summed E-state index contributed by atoms with van der Waals surface area (Å²) >= 11 is 5.57. The second-order valence-corrected chi connectivity index (χ2v) is 9.61. The molecule has 0 aromatic heterocycles. The Labute approximate surface area is 188 Å². The number of alkyl halides is 3. The van der Waals surface area contributed by atoms with Gasteiger partial charge in [-0.2, -0.15) is 17.5 Å². The molecule has 0 saturated carbocycles. The number of aliphatic hydroxyl groups excluding tert-OH is 1. The molecule has 2 aromatic carbocycles. The van der Waals surface area contributed by atoms with Crippen LogP contribution in [0.5, 0.6) is 5.75 Å². The lowest BCUT2D eigenvalue weighted by Crippen LogP contribution is -2.50. The second-order valence-electron chi connectivity index (χ2n) is 7.26. The predicted molar refractivity (Wildman–Crippen MR) is 110 cm³/mol. The standard InChI is InChI=1S/C20H21ClF4N2O4S/c21-19-6-5-17(11-18(19)20(23,24)25)32(29,30)27-9-7-26(8-10-27)12-15(28)13-31-16-3-1-14(22)2-4-16/h1-6,11,15,28H,7-10,12-13H2. The van der Waals surface area contributed by atoms with Crippen molar-refractivity contribution in [1.29, 1.82) is 0 Å². The Morgan fingerprint density at radius 2 is 1.69 bits per heavy atom. The molecule has 1 aliphatic heterocycles. The first-order valence-corrected chi connectivity index (χ1v) is 11.4. The molecule has 176 valence electrons. The number of hydrogen-bond acceptors (Lipinski definition) is 5. The molecule has 0 amide bonds. The van der Waals surface area contributed by atoms with Gasteiger partial charge in [0, 0.05) is 32.7 Å². The van der Waals surface area contributed by atoms with Gasteiger partial charge in [0.2, 0.25) is 10.0 Å². The van der Waals surface area contributed by atoms with Crippen molar-refractivity contribution in [2.75, 3.05) is 39.3 Å². The molecule has 0 spiro atoms. The van der Waals surface area contributed by atoms with Crippen molar-refractivity contribution >= 4 is 21.6 Å². The van der Waals surface area contributed by atoms with Gasteiger partial charge in [-0.1, -0.05) is 11.6 Å². The highest BCUT2D eigenvalue weighted by Crippen LogP contribution is 2.36. The Bertz CT molecular complexity index is 1030. The number of benzene rings is 2. The van der Waals surface area contributed by atoms with Crippen molar-refractivity contribution in [3.63, 3.8) is 0 Å². The average Bonchev–Trinajstić information content (AvgIpc) is 2.73. The van der Waals surface area contributed by atoms with E-state index < -0.39 is 43.6 Å². The van der Waals surface area contributed by atoms with Crippen molar-refractivity contribution in [2.45, 2.75) is 17.2 Å². The van der Waals surface area contributed by atoms with E-state index in [9.17, 15) is 31.1 Å². The number of ether oxygens (including phenoxy) is 1. The van der Waals surface area contributed by atoms with Crippen LogP contribution in [0.15, 0.2) is 47.4 Å². The van der Waals surface area contributed by atoms with Crippen molar-refractivity contribution in [3.05, 3.63) is 58.9 Å². The number of aliphatic hydroxyl groups is 1. The Kier molecular flexibility index (Phi) is 7.66. The third-order valence-electron chi connectivity index (χ3n) is 4.94. The van der Waals surface area contributed by atoms with Gasteiger partial charge in [-0.05, 0) is 42.5 Å². The van der Waals surface area contributed by atoms with Gasteiger partial charge in [0.15, 0.2) is 0 Å². The minimum absolute atomic E-state index is 0.0326. The van der Waals surface area contributed by atoms with E-state index in [2.05, 4.69) is 0 Å². The summed E-state index contributed by atoms with van der Waals surface area (Å²) < 4.78 is 84.2. The molecule has 0 aliphatic carbocycles. The SMILES string of the molecule is O=S(=O)(c1ccc(Cl)c(C(F)(F)F)c1)N1CCN(CC(O)COc2ccc(F)cc2)CC1. The molecule has 6 nitrogen and oxygen atoms in total. The van der Waals surface area contributed by atoms with Gasteiger partial charge in [-0.25, -0.2) is 12.8 Å². The number of sulfonamides is 1. The Morgan fingerprint density at radius 3 is 2.28 bits per heavy atom. The van der Waals surface area contributed by atoms with E-state index in [-0.39, 0.29) is 39.3 Å². The molecule has 1 heterocycles. The van der Waals surface area contributed by atoms with Gasteiger partial charge in [0.1, 0.15) is 24.3 Å². The quantitative estimate of drug-likeness (QED) is 0.596. The fraction of sp³-hybridized carbons (Fsp3) is 0.400. The number of halogens is 5. The summed E-state index contributed by atoms with van der Waals surface area (Å²) in [6, 6.07) is 7.86. The molecule has 1 unspecified atom stereocenters. The predicted octanol–water partition coefficient (Wildman–Crippen LogP) is 3.24. The molecule has 12 heteroatoms. The number of piperazine rings is 1. The van der Waals surface area contributed by atoms with Crippen molar-refractivity contribution < 1.29 is 35.8 Å². The Hall–Kier alpha value is -1.92. The number of β-amino-alcohol motifs (C(OH)–C–C–N with tert-alkyl or cyclic N) is 1. The van der Waals surface area contributed by atoms with Crippen LogP contribution in [0, 0.1) is 5.82 Å². The summed E-state index contributed by atoms with van der Waals surface area (Å²) in [6.45, 7) is 0.859. The van der Waals surface area contributed by atoms with E-state index in [0.29, 0.717) is 11.8 Å². The monoisotopic (exact) mass is 496 g/mol. The van der Waals surface area contributed by atoms with E-state index in [0.717, 1.165) is 16.4 Å². The Morgan fingerprint density at radius 1 is 1.06 bits per heavy atom. The topological polar surface area (TPSA) is 70.1 Å². The molecule has 0 radical (unpaired) electrons. The van der Waals surface area contributed by atoms with Gasteiger partial charge in [0.05, 0.1) is 15.5 Å². The van der Waals surface area contributed by atoms with Crippen LogP contribution >= 0.6 is 11.6 Å². The van der Waals surface area contributed by atoms with E-state index in [1.165, 1.54) is 24.3 Å². The molecule has 1 fully saturated rings. The van der Waals surface area contributed by atoms with Crippen LogP contribution in [0.3, 0.4) is 0 Å².